The lowest BCUT2D eigenvalue weighted by Crippen LogP contribution is -2.07. The molecular formula is C16H14F2N4O2. The molecule has 0 aliphatic carbocycles. The van der Waals surface area contributed by atoms with Crippen LogP contribution in [0.25, 0.3) is 11.4 Å². The van der Waals surface area contributed by atoms with Crippen LogP contribution in [0.4, 0.5) is 8.78 Å². The van der Waals surface area contributed by atoms with E-state index >= 15 is 0 Å². The molecule has 0 fully saturated rings. The van der Waals surface area contributed by atoms with Crippen LogP contribution in [0.3, 0.4) is 0 Å². The molecule has 0 unspecified atom stereocenters. The normalized spacial score (nSPS) is 11.7. The summed E-state index contributed by atoms with van der Waals surface area (Å²) in [6.45, 7) is 3.28. The number of carbonyl (C=O) groups is 1. The molecule has 2 heterocycles. The van der Waals surface area contributed by atoms with Crippen molar-refractivity contribution in [2.45, 2.75) is 26.3 Å². The van der Waals surface area contributed by atoms with Crippen LogP contribution in [0.5, 0.6) is 0 Å². The maximum Gasteiger partial charge on any atom is 0.322 e. The Morgan fingerprint density at radius 3 is 2.50 bits per heavy atom. The van der Waals surface area contributed by atoms with E-state index in [2.05, 4.69) is 19.8 Å². The van der Waals surface area contributed by atoms with E-state index in [1.807, 2.05) is 6.92 Å². The van der Waals surface area contributed by atoms with E-state index in [-0.39, 0.29) is 11.6 Å². The van der Waals surface area contributed by atoms with Crippen LogP contribution in [0.2, 0.25) is 0 Å². The van der Waals surface area contributed by atoms with E-state index in [4.69, 9.17) is 0 Å². The number of halogens is 2. The molecule has 0 aliphatic heterocycles. The van der Waals surface area contributed by atoms with Crippen molar-refractivity contribution < 1.29 is 18.1 Å². The highest BCUT2D eigenvalue weighted by atomic mass is 19.3. The molecule has 0 saturated carbocycles. The first-order chi connectivity index (χ1) is 11.4. The monoisotopic (exact) mass is 332 g/mol. The van der Waals surface area contributed by atoms with E-state index in [0.717, 1.165) is 0 Å². The third kappa shape index (κ3) is 3.08. The van der Waals surface area contributed by atoms with Crippen molar-refractivity contribution >= 4 is 5.78 Å². The fraction of sp³-hybridized carbons (Fsp3) is 0.250. The van der Waals surface area contributed by atoms with Crippen LogP contribution in [0.1, 0.15) is 35.7 Å². The smallest absolute Gasteiger partial charge is 0.322 e. The summed E-state index contributed by atoms with van der Waals surface area (Å²) >= 11 is 0. The van der Waals surface area contributed by atoms with E-state index in [9.17, 15) is 13.6 Å². The number of hydrogen-bond donors (Lipinski definition) is 0. The molecule has 0 radical (unpaired) electrons. The maximum atomic E-state index is 13.1. The Kier molecular flexibility index (Phi) is 3.96. The number of alkyl halides is 2. The molecule has 124 valence electrons. The predicted octanol–water partition coefficient (Wildman–Crippen LogP) is 3.30. The molecular weight excluding hydrogens is 318 g/mol. The lowest BCUT2D eigenvalue weighted by molar-refractivity contribution is -0.0158. The van der Waals surface area contributed by atoms with Gasteiger partial charge in [0.25, 0.3) is 5.89 Å². The van der Waals surface area contributed by atoms with Crippen LogP contribution in [0.15, 0.2) is 41.2 Å². The Bertz CT molecular complexity index is 863. The molecule has 0 N–H and O–H groups in total. The molecule has 0 aliphatic rings. The molecule has 0 saturated heterocycles. The minimum absolute atomic E-state index is 0.0457. The van der Waals surface area contributed by atoms with Gasteiger partial charge in [-0.15, -0.1) is 0 Å². The molecule has 1 aromatic carbocycles. The van der Waals surface area contributed by atoms with Crippen LogP contribution in [-0.2, 0) is 12.5 Å². The van der Waals surface area contributed by atoms with Gasteiger partial charge < -0.3 is 4.52 Å². The number of rotatable bonds is 5. The Morgan fingerprint density at radius 2 is 1.96 bits per heavy atom. The van der Waals surface area contributed by atoms with Crippen LogP contribution >= 0.6 is 0 Å². The summed E-state index contributed by atoms with van der Waals surface area (Å²) in [5, 5.41) is 7.60. The second kappa shape index (κ2) is 5.95. The van der Waals surface area contributed by atoms with E-state index in [1.54, 1.807) is 35.1 Å². The molecule has 0 bridgehead atoms. The molecule has 3 aromatic rings. The lowest BCUT2D eigenvalue weighted by atomic mass is 10.0. The van der Waals surface area contributed by atoms with Gasteiger partial charge in [0.05, 0.1) is 11.8 Å². The molecule has 0 spiro atoms. The largest absolute Gasteiger partial charge is 0.332 e. The average Bonchev–Trinajstić information content (AvgIpc) is 3.23. The van der Waals surface area contributed by atoms with Gasteiger partial charge in [-0.05, 0) is 6.92 Å². The van der Waals surface area contributed by atoms with Crippen molar-refractivity contribution in [2.24, 2.45) is 0 Å². The zero-order valence-corrected chi connectivity index (χ0v) is 13.0. The summed E-state index contributed by atoms with van der Waals surface area (Å²) in [6, 6.07) is 6.34. The second-order valence-electron chi connectivity index (χ2n) is 5.30. The highest BCUT2D eigenvalue weighted by molar-refractivity contribution is 6.08. The van der Waals surface area contributed by atoms with E-state index in [1.165, 1.54) is 6.20 Å². The van der Waals surface area contributed by atoms with Crippen LogP contribution in [0, 0.1) is 0 Å². The summed E-state index contributed by atoms with van der Waals surface area (Å²) in [7, 11) is 0. The topological polar surface area (TPSA) is 73.8 Å². The number of aromatic nitrogens is 4. The van der Waals surface area contributed by atoms with Gasteiger partial charge in [-0.2, -0.15) is 18.9 Å². The van der Waals surface area contributed by atoms with Crippen molar-refractivity contribution in [2.75, 3.05) is 0 Å². The number of aryl methyl sites for hydroxylation is 1. The lowest BCUT2D eigenvalue weighted by Gasteiger charge is -2.01. The number of ketones is 1. The summed E-state index contributed by atoms with van der Waals surface area (Å²) < 4.78 is 32.5. The Labute approximate surface area is 136 Å². The standard InChI is InChI=1S/C16H14F2N4O2/c1-3-22-9-12(8-19-22)13(23)10-4-6-11(7-5-10)14-20-15(24-21-14)16(2,17)18/h4-9H,3H2,1-2H3. The first-order valence-corrected chi connectivity index (χ1v) is 7.28. The van der Waals surface area contributed by atoms with Gasteiger partial charge in [-0.3, -0.25) is 9.48 Å². The zero-order valence-electron chi connectivity index (χ0n) is 13.0. The predicted molar refractivity (Wildman–Crippen MR) is 80.6 cm³/mol. The van der Waals surface area contributed by atoms with Crippen LogP contribution in [-0.4, -0.2) is 25.7 Å². The Balaban J connectivity index is 1.82. The quantitative estimate of drug-likeness (QED) is 0.670. The Morgan fingerprint density at radius 1 is 1.25 bits per heavy atom. The van der Waals surface area contributed by atoms with Crippen molar-refractivity contribution in [1.29, 1.82) is 0 Å². The Hall–Kier alpha value is -2.90. The zero-order chi connectivity index (χ0) is 17.3. The summed E-state index contributed by atoms with van der Waals surface area (Å²) in [4.78, 5) is 16.0. The number of nitrogens with zero attached hydrogens (tertiary/aromatic N) is 4. The van der Waals surface area contributed by atoms with Crippen LogP contribution < -0.4 is 0 Å². The fourth-order valence-corrected chi connectivity index (χ4v) is 2.11. The van der Waals surface area contributed by atoms with Gasteiger partial charge >= 0.3 is 5.92 Å². The van der Waals surface area contributed by atoms with Gasteiger partial charge in [0.1, 0.15) is 0 Å². The van der Waals surface area contributed by atoms with Crippen molar-refractivity contribution in [1.82, 2.24) is 19.9 Å². The molecule has 0 amide bonds. The number of carbonyl (C=O) groups excluding carboxylic acids is 1. The maximum absolute atomic E-state index is 13.1. The molecule has 8 heteroatoms. The number of hydrogen-bond acceptors (Lipinski definition) is 5. The fourth-order valence-electron chi connectivity index (χ4n) is 2.11. The highest BCUT2D eigenvalue weighted by Gasteiger charge is 2.32. The van der Waals surface area contributed by atoms with Crippen molar-refractivity contribution in [3.63, 3.8) is 0 Å². The third-order valence-corrected chi connectivity index (χ3v) is 3.43. The van der Waals surface area contributed by atoms with Gasteiger partial charge in [0.2, 0.25) is 5.82 Å². The van der Waals surface area contributed by atoms with Gasteiger partial charge in [-0.25, -0.2) is 0 Å². The van der Waals surface area contributed by atoms with Crippen molar-refractivity contribution in [3.05, 3.63) is 53.7 Å². The molecule has 24 heavy (non-hydrogen) atoms. The molecule has 2 aromatic heterocycles. The minimum atomic E-state index is -3.19. The second-order valence-corrected chi connectivity index (χ2v) is 5.30. The molecule has 0 atom stereocenters. The molecule has 6 nitrogen and oxygen atoms in total. The van der Waals surface area contributed by atoms with Gasteiger partial charge in [0.15, 0.2) is 5.78 Å². The first-order valence-electron chi connectivity index (χ1n) is 7.28. The van der Waals surface area contributed by atoms with Gasteiger partial charge in [-0.1, -0.05) is 29.4 Å². The number of benzene rings is 1. The highest BCUT2D eigenvalue weighted by Crippen LogP contribution is 2.27. The summed E-state index contributed by atoms with van der Waals surface area (Å²) in [6.07, 6.45) is 3.18. The van der Waals surface area contributed by atoms with E-state index < -0.39 is 11.8 Å². The minimum Gasteiger partial charge on any atom is -0.332 e. The first kappa shape index (κ1) is 16.0. The van der Waals surface area contributed by atoms with E-state index in [0.29, 0.717) is 30.2 Å². The average molecular weight is 332 g/mol. The summed E-state index contributed by atoms with van der Waals surface area (Å²) in [5.74, 6) is -4.07. The third-order valence-electron chi connectivity index (χ3n) is 3.43. The molecule has 3 rings (SSSR count). The summed E-state index contributed by atoms with van der Waals surface area (Å²) in [5.41, 5.74) is 1.42. The SMILES string of the molecule is CCn1cc(C(=O)c2ccc(-c3noc(C(C)(F)F)n3)cc2)cn1. The van der Waals surface area contributed by atoms with Gasteiger partial charge in [0, 0.05) is 30.8 Å². The van der Waals surface area contributed by atoms with Crippen molar-refractivity contribution in [3.8, 4) is 11.4 Å².